The van der Waals surface area contributed by atoms with Crippen LogP contribution in [0.1, 0.15) is 6.92 Å². The molecule has 2 nitrogen and oxygen atoms in total. The molecule has 0 aliphatic heterocycles. The Kier molecular flexibility index (Phi) is 4.43. The largest absolute Gasteiger partial charge is 0.489 e. The lowest BCUT2D eigenvalue weighted by molar-refractivity contribution is 0.352. The third kappa shape index (κ3) is 4.01. The van der Waals surface area contributed by atoms with Crippen LogP contribution in [0.5, 0.6) is 5.75 Å². The van der Waals surface area contributed by atoms with E-state index in [-0.39, 0.29) is 0 Å². The number of hydrogen-bond acceptors (Lipinski definition) is 3. The first-order valence-electron chi connectivity index (χ1n) is 3.96. The van der Waals surface area contributed by atoms with Crippen LogP contribution in [-0.4, -0.2) is 11.2 Å². The summed E-state index contributed by atoms with van der Waals surface area (Å²) in [6, 6.07) is 9.60. The summed E-state index contributed by atoms with van der Waals surface area (Å²) in [6.07, 6.45) is 0. The second kappa shape index (κ2) is 5.67. The Balaban J connectivity index is 2.39. The normalized spacial score (nSPS) is 11.4. The van der Waals surface area contributed by atoms with Gasteiger partial charge in [0.25, 0.3) is 0 Å². The highest BCUT2D eigenvalue weighted by molar-refractivity contribution is 7.96. The Morgan fingerprint density at radius 2 is 2.15 bits per heavy atom. The van der Waals surface area contributed by atoms with Crippen molar-refractivity contribution < 1.29 is 9.29 Å². The van der Waals surface area contributed by atoms with Gasteiger partial charge in [-0.05, 0) is 24.6 Å². The molecule has 1 aromatic carbocycles. The minimum atomic E-state index is 0.511. The number of hydrogen-bond donors (Lipinski definition) is 1. The van der Waals surface area contributed by atoms with Crippen LogP contribution in [0.2, 0.25) is 0 Å². The van der Waals surface area contributed by atoms with E-state index < -0.39 is 0 Å². The first-order valence-corrected chi connectivity index (χ1v) is 4.80. The SMILES string of the molecule is C/C(=C\SO)COc1ccccc1. The van der Waals surface area contributed by atoms with Crippen LogP contribution in [0, 0.1) is 0 Å². The van der Waals surface area contributed by atoms with Gasteiger partial charge < -0.3 is 9.29 Å². The molecule has 70 valence electrons. The fourth-order valence-corrected chi connectivity index (χ4v) is 1.09. The van der Waals surface area contributed by atoms with Gasteiger partial charge in [0.05, 0.1) is 0 Å². The molecule has 1 rings (SSSR count). The Hall–Kier alpha value is -0.930. The van der Waals surface area contributed by atoms with Crippen molar-refractivity contribution in [2.75, 3.05) is 6.61 Å². The summed E-state index contributed by atoms with van der Waals surface area (Å²) >= 11 is 0.703. The van der Waals surface area contributed by atoms with E-state index in [1.807, 2.05) is 37.3 Å². The predicted octanol–water partition coefficient (Wildman–Crippen LogP) is 3.18. The average Bonchev–Trinajstić information content (AvgIpc) is 2.17. The third-order valence-corrected chi connectivity index (χ3v) is 1.97. The zero-order valence-electron chi connectivity index (χ0n) is 7.43. The van der Waals surface area contributed by atoms with Gasteiger partial charge >= 0.3 is 0 Å². The van der Waals surface area contributed by atoms with Gasteiger partial charge in [-0.3, -0.25) is 0 Å². The van der Waals surface area contributed by atoms with Gasteiger partial charge in [0.1, 0.15) is 12.4 Å². The average molecular weight is 196 g/mol. The topological polar surface area (TPSA) is 29.5 Å². The van der Waals surface area contributed by atoms with Crippen molar-refractivity contribution in [3.8, 4) is 5.75 Å². The first-order chi connectivity index (χ1) is 6.33. The summed E-state index contributed by atoms with van der Waals surface area (Å²) in [4.78, 5) is 0. The maximum atomic E-state index is 8.52. The maximum absolute atomic E-state index is 8.52. The summed E-state index contributed by atoms with van der Waals surface area (Å²) < 4.78 is 13.9. The monoisotopic (exact) mass is 196 g/mol. The fourth-order valence-electron chi connectivity index (χ4n) is 0.838. The molecule has 1 N–H and O–H groups in total. The Labute approximate surface area is 82.4 Å². The molecule has 0 saturated carbocycles. The van der Waals surface area contributed by atoms with E-state index in [0.29, 0.717) is 18.6 Å². The standard InChI is InChI=1S/C10H12O2S/c1-9(8-13-11)7-12-10-5-3-2-4-6-10/h2-6,8,11H,7H2,1H3/b9-8+. The van der Waals surface area contributed by atoms with Crippen LogP contribution in [0.4, 0.5) is 0 Å². The van der Waals surface area contributed by atoms with E-state index in [1.54, 1.807) is 5.41 Å². The van der Waals surface area contributed by atoms with Crippen molar-refractivity contribution in [2.24, 2.45) is 0 Å². The van der Waals surface area contributed by atoms with Crippen LogP contribution < -0.4 is 4.74 Å². The Morgan fingerprint density at radius 3 is 2.77 bits per heavy atom. The van der Waals surface area contributed by atoms with Crippen LogP contribution >= 0.6 is 12.0 Å². The Morgan fingerprint density at radius 1 is 1.46 bits per heavy atom. The Bertz CT molecular complexity index is 270. The predicted molar refractivity (Wildman–Crippen MR) is 55.9 cm³/mol. The molecular weight excluding hydrogens is 184 g/mol. The van der Waals surface area contributed by atoms with E-state index in [2.05, 4.69) is 0 Å². The third-order valence-electron chi connectivity index (χ3n) is 1.46. The number of benzene rings is 1. The molecule has 0 aliphatic carbocycles. The second-order valence-electron chi connectivity index (χ2n) is 2.67. The molecule has 0 spiro atoms. The van der Waals surface area contributed by atoms with Gasteiger partial charge in [-0.2, -0.15) is 0 Å². The van der Waals surface area contributed by atoms with Crippen molar-refractivity contribution in [3.63, 3.8) is 0 Å². The molecule has 0 fully saturated rings. The quantitative estimate of drug-likeness (QED) is 0.750. The van der Waals surface area contributed by atoms with Crippen molar-refractivity contribution >= 4 is 12.0 Å². The molecule has 0 aliphatic rings. The zero-order chi connectivity index (χ0) is 9.52. The molecule has 1 aromatic rings. The van der Waals surface area contributed by atoms with Crippen LogP contribution in [-0.2, 0) is 0 Å². The molecule has 0 radical (unpaired) electrons. The molecular formula is C10H12O2S. The number of para-hydroxylation sites is 1. The lowest BCUT2D eigenvalue weighted by atomic mass is 10.3. The van der Waals surface area contributed by atoms with E-state index in [4.69, 9.17) is 9.29 Å². The van der Waals surface area contributed by atoms with E-state index in [9.17, 15) is 0 Å². The smallest absolute Gasteiger partial charge is 0.119 e. The van der Waals surface area contributed by atoms with Crippen molar-refractivity contribution in [1.29, 1.82) is 0 Å². The van der Waals surface area contributed by atoms with Gasteiger partial charge in [0.2, 0.25) is 0 Å². The molecule has 0 saturated heterocycles. The van der Waals surface area contributed by atoms with E-state index in [1.165, 1.54) is 0 Å². The van der Waals surface area contributed by atoms with Crippen LogP contribution in [0.25, 0.3) is 0 Å². The zero-order valence-corrected chi connectivity index (χ0v) is 8.25. The fraction of sp³-hybridized carbons (Fsp3) is 0.200. The van der Waals surface area contributed by atoms with Gasteiger partial charge in [0, 0.05) is 17.5 Å². The van der Waals surface area contributed by atoms with Crippen molar-refractivity contribution in [3.05, 3.63) is 41.3 Å². The summed E-state index contributed by atoms with van der Waals surface area (Å²) in [7, 11) is 0. The highest BCUT2D eigenvalue weighted by Crippen LogP contribution is 2.10. The molecule has 0 amide bonds. The second-order valence-corrected chi connectivity index (χ2v) is 3.12. The molecule has 13 heavy (non-hydrogen) atoms. The minimum Gasteiger partial charge on any atom is -0.489 e. The summed E-state index contributed by atoms with van der Waals surface area (Å²) in [5, 5.41) is 1.66. The molecule has 0 unspecified atom stereocenters. The lowest BCUT2D eigenvalue weighted by Crippen LogP contribution is -1.97. The molecule has 0 heterocycles. The molecule has 0 atom stereocenters. The number of ether oxygens (including phenoxy) is 1. The van der Waals surface area contributed by atoms with E-state index >= 15 is 0 Å². The maximum Gasteiger partial charge on any atom is 0.119 e. The summed E-state index contributed by atoms with van der Waals surface area (Å²) in [5.41, 5.74) is 0.997. The summed E-state index contributed by atoms with van der Waals surface area (Å²) in [5.74, 6) is 0.846. The first kappa shape index (κ1) is 10.2. The summed E-state index contributed by atoms with van der Waals surface area (Å²) in [6.45, 7) is 2.42. The van der Waals surface area contributed by atoms with Crippen molar-refractivity contribution in [1.82, 2.24) is 0 Å². The van der Waals surface area contributed by atoms with Crippen molar-refractivity contribution in [2.45, 2.75) is 6.92 Å². The van der Waals surface area contributed by atoms with Crippen LogP contribution in [0.15, 0.2) is 41.3 Å². The van der Waals surface area contributed by atoms with Gasteiger partial charge in [0.15, 0.2) is 0 Å². The van der Waals surface area contributed by atoms with Gasteiger partial charge in [-0.25, -0.2) is 0 Å². The van der Waals surface area contributed by atoms with E-state index in [0.717, 1.165) is 11.3 Å². The lowest BCUT2D eigenvalue weighted by Gasteiger charge is -2.04. The highest BCUT2D eigenvalue weighted by atomic mass is 32.2. The molecule has 0 aromatic heterocycles. The van der Waals surface area contributed by atoms with Crippen LogP contribution in [0.3, 0.4) is 0 Å². The minimum absolute atomic E-state index is 0.511. The van der Waals surface area contributed by atoms with Gasteiger partial charge in [-0.15, -0.1) is 0 Å². The molecule has 0 bridgehead atoms. The molecule has 3 heteroatoms. The van der Waals surface area contributed by atoms with Gasteiger partial charge in [-0.1, -0.05) is 18.2 Å². The number of rotatable bonds is 4. The highest BCUT2D eigenvalue weighted by Gasteiger charge is 1.92.